The molecule has 2 aliphatic heterocycles. The molecule has 5 rings (SSSR count). The summed E-state index contributed by atoms with van der Waals surface area (Å²) in [6.45, 7) is 7.23. The lowest BCUT2D eigenvalue weighted by Gasteiger charge is -2.33. The molecule has 0 aromatic carbocycles. The van der Waals surface area contributed by atoms with Gasteiger partial charge >= 0.3 is 0 Å². The van der Waals surface area contributed by atoms with Gasteiger partial charge in [0.1, 0.15) is 36.6 Å². The maximum atomic E-state index is 10.6. The first-order valence-corrected chi connectivity index (χ1v) is 8.82. The van der Waals surface area contributed by atoms with Crippen LogP contribution >= 0.6 is 0 Å². The summed E-state index contributed by atoms with van der Waals surface area (Å²) >= 11 is 0. The lowest BCUT2D eigenvalue weighted by Crippen LogP contribution is -2.42. The summed E-state index contributed by atoms with van der Waals surface area (Å²) in [7, 11) is 0. The molecule has 8 nitrogen and oxygen atoms in total. The van der Waals surface area contributed by atoms with Crippen LogP contribution in [0.5, 0.6) is 0 Å². The Morgan fingerprint density at radius 1 is 0.846 bits per heavy atom. The third-order valence-electron chi connectivity index (χ3n) is 5.19. The summed E-state index contributed by atoms with van der Waals surface area (Å²) in [4.78, 5) is 9.33. The standard InChI is InChI=1S/C18H22N2O6/c1-17(2)23-8-6-5-7-9(14(8)24-17)20-10-11(19-7)15-16(13(22)12(10)21)26-18(3,4)25-15/h5-6,8,12-16,21-22H,1-4H3/t8-,12+,13+,14-,15+,16-/m0/s1. The summed E-state index contributed by atoms with van der Waals surface area (Å²) < 4.78 is 23.5. The van der Waals surface area contributed by atoms with E-state index in [2.05, 4.69) is 4.98 Å². The van der Waals surface area contributed by atoms with Gasteiger partial charge in [-0.1, -0.05) is 6.08 Å². The number of nitrogens with zero attached hydrogens (tertiary/aromatic N) is 2. The number of hydrogen-bond donors (Lipinski definition) is 2. The van der Waals surface area contributed by atoms with Crippen LogP contribution in [0, 0.1) is 0 Å². The Bertz CT molecular complexity index is 807. The number of rotatable bonds is 0. The van der Waals surface area contributed by atoms with Gasteiger partial charge < -0.3 is 29.2 Å². The number of aliphatic hydroxyl groups is 2. The van der Waals surface area contributed by atoms with Crippen LogP contribution in [0.2, 0.25) is 0 Å². The molecule has 0 unspecified atom stereocenters. The van der Waals surface area contributed by atoms with Crippen molar-refractivity contribution in [3.05, 3.63) is 28.9 Å². The molecule has 0 spiro atoms. The monoisotopic (exact) mass is 362 g/mol. The molecule has 0 bridgehead atoms. The molecule has 2 aliphatic carbocycles. The first kappa shape index (κ1) is 16.7. The van der Waals surface area contributed by atoms with Gasteiger partial charge in [0.15, 0.2) is 11.6 Å². The molecule has 8 heteroatoms. The molecular formula is C18H22N2O6. The van der Waals surface area contributed by atoms with E-state index in [1.807, 2.05) is 26.0 Å². The van der Waals surface area contributed by atoms with E-state index in [0.29, 0.717) is 22.8 Å². The predicted molar refractivity (Wildman–Crippen MR) is 87.6 cm³/mol. The maximum absolute atomic E-state index is 10.6. The summed E-state index contributed by atoms with van der Waals surface area (Å²) in [6, 6.07) is 0. The van der Waals surface area contributed by atoms with E-state index >= 15 is 0 Å². The Balaban J connectivity index is 1.62. The highest BCUT2D eigenvalue weighted by Crippen LogP contribution is 2.48. The van der Waals surface area contributed by atoms with Crippen molar-refractivity contribution >= 4 is 6.08 Å². The van der Waals surface area contributed by atoms with Crippen LogP contribution in [0.4, 0.5) is 0 Å². The number of fused-ring (bicyclic) bond motifs is 6. The zero-order valence-electron chi connectivity index (χ0n) is 15.0. The molecule has 0 radical (unpaired) electrons. The number of ether oxygens (including phenoxy) is 4. The van der Waals surface area contributed by atoms with Crippen LogP contribution in [-0.4, -0.2) is 50.1 Å². The molecule has 3 heterocycles. The fourth-order valence-electron chi connectivity index (χ4n) is 4.17. The Hall–Kier alpha value is -1.42. The zero-order chi connectivity index (χ0) is 18.4. The smallest absolute Gasteiger partial charge is 0.164 e. The quantitative estimate of drug-likeness (QED) is 0.712. The van der Waals surface area contributed by atoms with Gasteiger partial charge in [-0.15, -0.1) is 0 Å². The summed E-state index contributed by atoms with van der Waals surface area (Å²) in [5, 5.41) is 21.1. The maximum Gasteiger partial charge on any atom is 0.164 e. The van der Waals surface area contributed by atoms with Gasteiger partial charge in [-0.2, -0.15) is 0 Å². The zero-order valence-corrected chi connectivity index (χ0v) is 15.0. The molecule has 140 valence electrons. The molecule has 2 fully saturated rings. The van der Waals surface area contributed by atoms with Crippen molar-refractivity contribution in [2.75, 3.05) is 0 Å². The molecule has 0 saturated carbocycles. The van der Waals surface area contributed by atoms with Crippen LogP contribution in [0.1, 0.15) is 68.8 Å². The van der Waals surface area contributed by atoms with Gasteiger partial charge in [0, 0.05) is 0 Å². The van der Waals surface area contributed by atoms with Crippen molar-refractivity contribution in [2.45, 2.75) is 75.9 Å². The molecular weight excluding hydrogens is 340 g/mol. The second kappa shape index (κ2) is 5.09. The minimum atomic E-state index is -1.21. The van der Waals surface area contributed by atoms with Crippen molar-refractivity contribution in [3.63, 3.8) is 0 Å². The summed E-state index contributed by atoms with van der Waals surface area (Å²) in [5.41, 5.74) is 2.06. The highest BCUT2D eigenvalue weighted by molar-refractivity contribution is 5.54. The minimum Gasteiger partial charge on any atom is -0.387 e. The molecule has 6 atom stereocenters. The second-order valence-electron chi connectivity index (χ2n) is 8.10. The van der Waals surface area contributed by atoms with Crippen LogP contribution in [0.3, 0.4) is 0 Å². The Labute approximate surface area is 150 Å². The SMILES string of the molecule is CC1(C)O[C@H]2[C@H](O)[C@H](O)c3nc4c(nc3[C@H]2O1)C=C[C@@H]1OC(C)(C)O[C@H]41. The van der Waals surface area contributed by atoms with Gasteiger partial charge in [0.2, 0.25) is 0 Å². The molecule has 0 amide bonds. The van der Waals surface area contributed by atoms with E-state index < -0.39 is 42.1 Å². The number of hydrogen-bond acceptors (Lipinski definition) is 8. The normalized spacial score (nSPS) is 41.3. The molecule has 2 saturated heterocycles. The third-order valence-corrected chi connectivity index (χ3v) is 5.19. The summed E-state index contributed by atoms with van der Waals surface area (Å²) in [6.07, 6.45) is -0.526. The highest BCUT2D eigenvalue weighted by Gasteiger charge is 2.54. The first-order chi connectivity index (χ1) is 12.2. The van der Waals surface area contributed by atoms with Crippen molar-refractivity contribution in [3.8, 4) is 0 Å². The molecule has 26 heavy (non-hydrogen) atoms. The predicted octanol–water partition coefficient (Wildman–Crippen LogP) is 1.30. The average molecular weight is 362 g/mol. The van der Waals surface area contributed by atoms with Crippen molar-refractivity contribution in [1.82, 2.24) is 9.97 Å². The van der Waals surface area contributed by atoms with E-state index in [9.17, 15) is 10.2 Å². The lowest BCUT2D eigenvalue weighted by molar-refractivity contribution is -0.161. The lowest BCUT2D eigenvalue weighted by atomic mass is 9.88. The van der Waals surface area contributed by atoms with Crippen molar-refractivity contribution in [1.29, 1.82) is 0 Å². The third kappa shape index (κ3) is 2.30. The largest absolute Gasteiger partial charge is 0.387 e. The summed E-state index contributed by atoms with van der Waals surface area (Å²) in [5.74, 6) is -1.60. The molecule has 4 aliphatic rings. The molecule has 1 aromatic rings. The van der Waals surface area contributed by atoms with E-state index in [-0.39, 0.29) is 6.10 Å². The molecule has 1 aromatic heterocycles. The van der Waals surface area contributed by atoms with Crippen molar-refractivity contribution in [2.24, 2.45) is 0 Å². The Morgan fingerprint density at radius 3 is 2.31 bits per heavy atom. The van der Waals surface area contributed by atoms with E-state index in [1.165, 1.54) is 0 Å². The van der Waals surface area contributed by atoms with Crippen molar-refractivity contribution < 1.29 is 29.2 Å². The van der Waals surface area contributed by atoms with E-state index in [1.54, 1.807) is 13.8 Å². The minimum absolute atomic E-state index is 0.256. The van der Waals surface area contributed by atoms with Gasteiger partial charge in [0.05, 0.1) is 22.8 Å². The van der Waals surface area contributed by atoms with Gasteiger partial charge in [-0.3, -0.25) is 0 Å². The van der Waals surface area contributed by atoms with Crippen LogP contribution in [0.15, 0.2) is 6.08 Å². The van der Waals surface area contributed by atoms with E-state index in [0.717, 1.165) is 0 Å². The average Bonchev–Trinajstić information content (AvgIpc) is 3.06. The topological polar surface area (TPSA) is 103 Å². The van der Waals surface area contributed by atoms with Crippen LogP contribution < -0.4 is 0 Å². The Morgan fingerprint density at radius 2 is 1.54 bits per heavy atom. The second-order valence-corrected chi connectivity index (χ2v) is 8.10. The number of aliphatic hydroxyl groups excluding tert-OH is 2. The molecule has 2 N–H and O–H groups in total. The fourth-order valence-corrected chi connectivity index (χ4v) is 4.17. The fraction of sp³-hybridized carbons (Fsp3) is 0.667. The van der Waals surface area contributed by atoms with Crippen LogP contribution in [0.25, 0.3) is 6.08 Å². The number of aromatic nitrogens is 2. The Kier molecular flexibility index (Phi) is 3.28. The van der Waals surface area contributed by atoms with Gasteiger partial charge in [-0.25, -0.2) is 9.97 Å². The van der Waals surface area contributed by atoms with Crippen LogP contribution in [-0.2, 0) is 18.9 Å². The van der Waals surface area contributed by atoms with Gasteiger partial charge in [0.25, 0.3) is 0 Å². The van der Waals surface area contributed by atoms with E-state index in [4.69, 9.17) is 23.9 Å². The van der Waals surface area contributed by atoms with Gasteiger partial charge in [-0.05, 0) is 33.8 Å². The first-order valence-electron chi connectivity index (χ1n) is 8.82. The highest BCUT2D eigenvalue weighted by atomic mass is 16.8.